The lowest BCUT2D eigenvalue weighted by molar-refractivity contribution is -0.123. The standard InChI is InChI=1S/C13H21N3O2S/c1-10(12-5-4-8-19-12)16(3)9-13(18)15-7-6-14-11(2)17/h4-5,8,10H,6-7,9H2,1-3H3,(H,14,17)(H,15,18). The highest BCUT2D eigenvalue weighted by atomic mass is 32.1. The highest BCUT2D eigenvalue weighted by Crippen LogP contribution is 2.22. The Bertz CT molecular complexity index is 406. The van der Waals surface area contributed by atoms with E-state index < -0.39 is 0 Å². The van der Waals surface area contributed by atoms with Crippen LogP contribution < -0.4 is 10.6 Å². The largest absolute Gasteiger partial charge is 0.355 e. The van der Waals surface area contributed by atoms with Crippen molar-refractivity contribution in [1.29, 1.82) is 0 Å². The number of hydrogen-bond donors (Lipinski definition) is 2. The number of thiophene rings is 1. The van der Waals surface area contributed by atoms with Crippen molar-refractivity contribution in [3.05, 3.63) is 22.4 Å². The van der Waals surface area contributed by atoms with Crippen LogP contribution in [-0.4, -0.2) is 43.4 Å². The Labute approximate surface area is 118 Å². The number of rotatable bonds is 7. The smallest absolute Gasteiger partial charge is 0.234 e. The molecule has 1 aromatic rings. The summed E-state index contributed by atoms with van der Waals surface area (Å²) in [5.74, 6) is -0.117. The van der Waals surface area contributed by atoms with Gasteiger partial charge in [0.2, 0.25) is 11.8 Å². The summed E-state index contributed by atoms with van der Waals surface area (Å²) in [4.78, 5) is 25.6. The van der Waals surface area contributed by atoms with Crippen LogP contribution >= 0.6 is 11.3 Å². The van der Waals surface area contributed by atoms with Crippen LogP contribution in [0.15, 0.2) is 17.5 Å². The Morgan fingerprint density at radius 1 is 1.37 bits per heavy atom. The maximum Gasteiger partial charge on any atom is 0.234 e. The number of nitrogens with zero attached hydrogens (tertiary/aromatic N) is 1. The van der Waals surface area contributed by atoms with Crippen molar-refractivity contribution < 1.29 is 9.59 Å². The van der Waals surface area contributed by atoms with Crippen LogP contribution in [0.3, 0.4) is 0 Å². The van der Waals surface area contributed by atoms with Crippen molar-refractivity contribution >= 4 is 23.2 Å². The average molecular weight is 283 g/mol. The zero-order chi connectivity index (χ0) is 14.3. The van der Waals surface area contributed by atoms with Gasteiger partial charge in [0.1, 0.15) is 0 Å². The molecule has 1 aromatic heterocycles. The predicted molar refractivity (Wildman–Crippen MR) is 77.1 cm³/mol. The fourth-order valence-electron chi connectivity index (χ4n) is 1.61. The third-order valence-corrected chi connectivity index (χ3v) is 3.87. The van der Waals surface area contributed by atoms with E-state index in [1.165, 1.54) is 11.8 Å². The molecule has 0 radical (unpaired) electrons. The van der Waals surface area contributed by atoms with Crippen LogP contribution in [0.1, 0.15) is 24.8 Å². The van der Waals surface area contributed by atoms with E-state index >= 15 is 0 Å². The van der Waals surface area contributed by atoms with E-state index in [0.717, 1.165) is 0 Å². The van der Waals surface area contributed by atoms with Crippen LogP contribution in [0.5, 0.6) is 0 Å². The van der Waals surface area contributed by atoms with Crippen LogP contribution in [0.25, 0.3) is 0 Å². The Hall–Kier alpha value is -1.40. The number of carbonyl (C=O) groups excluding carboxylic acids is 2. The summed E-state index contributed by atoms with van der Waals surface area (Å²) in [5, 5.41) is 7.45. The van der Waals surface area contributed by atoms with Gasteiger partial charge in [0.15, 0.2) is 0 Å². The van der Waals surface area contributed by atoms with Crippen LogP contribution in [-0.2, 0) is 9.59 Å². The molecule has 1 atom stereocenters. The van der Waals surface area contributed by atoms with Crippen LogP contribution in [0, 0.1) is 0 Å². The second-order valence-corrected chi connectivity index (χ2v) is 5.42. The van der Waals surface area contributed by atoms with E-state index in [-0.39, 0.29) is 17.9 Å². The number of carbonyl (C=O) groups is 2. The van der Waals surface area contributed by atoms with Crippen molar-refractivity contribution in [2.45, 2.75) is 19.9 Å². The second kappa shape index (κ2) is 7.91. The molecule has 2 amide bonds. The zero-order valence-electron chi connectivity index (χ0n) is 11.6. The number of nitrogens with one attached hydrogen (secondary N) is 2. The summed E-state index contributed by atoms with van der Waals surface area (Å²) in [6, 6.07) is 4.30. The molecule has 0 aliphatic heterocycles. The first-order chi connectivity index (χ1) is 9.00. The van der Waals surface area contributed by atoms with Crippen molar-refractivity contribution in [2.24, 2.45) is 0 Å². The number of amides is 2. The third-order valence-electron chi connectivity index (χ3n) is 2.83. The van der Waals surface area contributed by atoms with Gasteiger partial charge in [-0.1, -0.05) is 6.07 Å². The molecule has 0 bridgehead atoms. The Kier molecular flexibility index (Phi) is 6.52. The second-order valence-electron chi connectivity index (χ2n) is 4.44. The molecular formula is C13H21N3O2S. The monoisotopic (exact) mass is 283 g/mol. The summed E-state index contributed by atoms with van der Waals surface area (Å²) in [5.41, 5.74) is 0. The van der Waals surface area contributed by atoms with Gasteiger partial charge in [-0.2, -0.15) is 0 Å². The Balaban J connectivity index is 2.26. The molecule has 0 saturated heterocycles. The summed E-state index contributed by atoms with van der Waals surface area (Å²) in [6.45, 7) is 4.80. The fraction of sp³-hybridized carbons (Fsp3) is 0.538. The highest BCUT2D eigenvalue weighted by molar-refractivity contribution is 7.10. The lowest BCUT2D eigenvalue weighted by Crippen LogP contribution is -2.39. The number of likely N-dealkylation sites (N-methyl/N-ethyl adjacent to an activating group) is 1. The molecule has 6 heteroatoms. The van der Waals surface area contributed by atoms with Gasteiger partial charge in [0.25, 0.3) is 0 Å². The molecule has 1 rings (SSSR count). The highest BCUT2D eigenvalue weighted by Gasteiger charge is 2.15. The van der Waals surface area contributed by atoms with Gasteiger partial charge in [-0.3, -0.25) is 14.5 Å². The fourth-order valence-corrected chi connectivity index (χ4v) is 2.45. The summed E-state index contributed by atoms with van der Waals surface area (Å²) in [7, 11) is 1.93. The SMILES string of the molecule is CC(=O)NCCNC(=O)CN(C)C(C)c1cccs1. The van der Waals surface area contributed by atoms with Gasteiger partial charge in [0.05, 0.1) is 6.54 Å². The van der Waals surface area contributed by atoms with Crippen molar-refractivity contribution in [3.63, 3.8) is 0 Å². The van der Waals surface area contributed by atoms with Gasteiger partial charge >= 0.3 is 0 Å². The van der Waals surface area contributed by atoms with E-state index in [4.69, 9.17) is 0 Å². The van der Waals surface area contributed by atoms with E-state index in [1.54, 1.807) is 11.3 Å². The first-order valence-corrected chi connectivity index (χ1v) is 7.13. The number of hydrogen-bond acceptors (Lipinski definition) is 4. The minimum absolute atomic E-state index is 0.0312. The predicted octanol–water partition coefficient (Wildman–Crippen LogP) is 0.993. The average Bonchev–Trinajstić information content (AvgIpc) is 2.87. The molecule has 0 aliphatic rings. The Morgan fingerprint density at radius 3 is 2.63 bits per heavy atom. The molecule has 5 nitrogen and oxygen atoms in total. The third kappa shape index (κ3) is 5.85. The Morgan fingerprint density at radius 2 is 2.05 bits per heavy atom. The van der Waals surface area contributed by atoms with Gasteiger partial charge in [-0.05, 0) is 25.4 Å². The van der Waals surface area contributed by atoms with Crippen molar-refractivity contribution in [1.82, 2.24) is 15.5 Å². The molecule has 106 valence electrons. The van der Waals surface area contributed by atoms with Gasteiger partial charge in [-0.15, -0.1) is 11.3 Å². The first-order valence-electron chi connectivity index (χ1n) is 6.25. The molecule has 0 aromatic carbocycles. The molecule has 0 fully saturated rings. The molecule has 1 heterocycles. The maximum absolute atomic E-state index is 11.7. The molecular weight excluding hydrogens is 262 g/mol. The minimum atomic E-state index is -0.0855. The van der Waals surface area contributed by atoms with E-state index in [1.807, 2.05) is 23.4 Å². The van der Waals surface area contributed by atoms with Gasteiger partial charge < -0.3 is 10.6 Å². The molecule has 0 saturated carbocycles. The van der Waals surface area contributed by atoms with E-state index in [0.29, 0.717) is 19.6 Å². The molecule has 1 unspecified atom stereocenters. The quantitative estimate of drug-likeness (QED) is 0.734. The first kappa shape index (κ1) is 15.7. The lowest BCUT2D eigenvalue weighted by atomic mass is 10.2. The summed E-state index contributed by atoms with van der Waals surface area (Å²) < 4.78 is 0. The van der Waals surface area contributed by atoms with E-state index in [9.17, 15) is 9.59 Å². The topological polar surface area (TPSA) is 61.4 Å². The van der Waals surface area contributed by atoms with E-state index in [2.05, 4.69) is 23.6 Å². The summed E-state index contributed by atoms with van der Waals surface area (Å²) in [6.07, 6.45) is 0. The van der Waals surface area contributed by atoms with Gasteiger partial charge in [-0.25, -0.2) is 0 Å². The lowest BCUT2D eigenvalue weighted by Gasteiger charge is -2.23. The van der Waals surface area contributed by atoms with Crippen molar-refractivity contribution in [2.75, 3.05) is 26.7 Å². The van der Waals surface area contributed by atoms with Crippen LogP contribution in [0.2, 0.25) is 0 Å². The molecule has 0 spiro atoms. The van der Waals surface area contributed by atoms with Crippen molar-refractivity contribution in [3.8, 4) is 0 Å². The van der Waals surface area contributed by atoms with Crippen LogP contribution in [0.4, 0.5) is 0 Å². The molecule has 0 aliphatic carbocycles. The summed E-state index contributed by atoms with van der Waals surface area (Å²) >= 11 is 1.69. The molecule has 2 N–H and O–H groups in total. The minimum Gasteiger partial charge on any atom is -0.355 e. The van der Waals surface area contributed by atoms with Gasteiger partial charge in [0, 0.05) is 30.9 Å². The maximum atomic E-state index is 11.7. The molecule has 19 heavy (non-hydrogen) atoms. The zero-order valence-corrected chi connectivity index (χ0v) is 12.4. The normalized spacial score (nSPS) is 12.2.